The van der Waals surface area contributed by atoms with Crippen LogP contribution in [0.15, 0.2) is 0 Å². The lowest BCUT2D eigenvalue weighted by molar-refractivity contribution is 0.454. The smallest absolute Gasteiger partial charge is 0.186 e. The van der Waals surface area contributed by atoms with Crippen LogP contribution in [0.3, 0.4) is 0 Å². The Hall–Kier alpha value is -0.610. The molecule has 118 valence electrons. The van der Waals surface area contributed by atoms with E-state index in [1.165, 1.54) is 49.4 Å². The molecule has 1 aromatic heterocycles. The lowest BCUT2D eigenvalue weighted by Crippen LogP contribution is -2.30. The van der Waals surface area contributed by atoms with Crippen molar-refractivity contribution in [2.45, 2.75) is 71.4 Å². The molecular formula is C17H29N3S. The summed E-state index contributed by atoms with van der Waals surface area (Å²) in [6.07, 6.45) is 7.71. The average Bonchev–Trinajstić information content (AvgIpc) is 3.20. The molecule has 2 aliphatic carbocycles. The molecule has 0 spiro atoms. The normalized spacial score (nSPS) is 21.6. The summed E-state index contributed by atoms with van der Waals surface area (Å²) in [4.78, 5) is 9.21. The van der Waals surface area contributed by atoms with Gasteiger partial charge < -0.3 is 10.2 Å². The third-order valence-electron chi connectivity index (χ3n) is 4.38. The van der Waals surface area contributed by atoms with Crippen molar-refractivity contribution in [3.05, 3.63) is 10.6 Å². The molecule has 0 radical (unpaired) electrons. The summed E-state index contributed by atoms with van der Waals surface area (Å²) in [7, 11) is 0. The van der Waals surface area contributed by atoms with Crippen LogP contribution in [0.4, 0.5) is 5.13 Å². The Morgan fingerprint density at radius 1 is 1.33 bits per heavy atom. The summed E-state index contributed by atoms with van der Waals surface area (Å²) in [6, 6.07) is 1.26. The number of nitrogens with zero attached hydrogens (tertiary/aromatic N) is 2. The van der Waals surface area contributed by atoms with Gasteiger partial charge in [0.25, 0.3) is 0 Å². The minimum atomic E-state index is 0.499. The van der Waals surface area contributed by atoms with Gasteiger partial charge in [-0.05, 0) is 51.0 Å². The third kappa shape index (κ3) is 3.59. The van der Waals surface area contributed by atoms with E-state index in [9.17, 15) is 0 Å². The predicted octanol–water partition coefficient (Wildman–Crippen LogP) is 4.14. The van der Waals surface area contributed by atoms with Gasteiger partial charge in [-0.15, -0.1) is 11.3 Å². The van der Waals surface area contributed by atoms with E-state index < -0.39 is 0 Å². The van der Waals surface area contributed by atoms with Crippen LogP contribution in [-0.2, 0) is 6.42 Å². The van der Waals surface area contributed by atoms with Crippen LogP contribution in [-0.4, -0.2) is 24.1 Å². The maximum atomic E-state index is 5.08. The van der Waals surface area contributed by atoms with Crippen molar-refractivity contribution in [1.29, 1.82) is 0 Å². The molecule has 3 rings (SSSR count). The summed E-state index contributed by atoms with van der Waals surface area (Å²) >= 11 is 1.97. The number of nitrogens with one attached hydrogen (secondary N) is 1. The maximum absolute atomic E-state index is 5.08. The summed E-state index contributed by atoms with van der Waals surface area (Å²) in [5, 5.41) is 4.98. The summed E-state index contributed by atoms with van der Waals surface area (Å²) in [5.41, 5.74) is 1.36. The molecule has 2 aliphatic rings. The van der Waals surface area contributed by atoms with Crippen LogP contribution >= 0.6 is 11.3 Å². The second kappa shape index (κ2) is 6.66. The molecule has 0 saturated heterocycles. The zero-order valence-corrected chi connectivity index (χ0v) is 14.5. The highest BCUT2D eigenvalue weighted by atomic mass is 32.1. The van der Waals surface area contributed by atoms with Crippen LogP contribution in [0.25, 0.3) is 0 Å². The second-order valence-corrected chi connectivity index (χ2v) is 8.04. The Bertz CT molecular complexity index is 465. The third-order valence-corrected chi connectivity index (χ3v) is 5.55. The van der Waals surface area contributed by atoms with Crippen molar-refractivity contribution >= 4 is 16.5 Å². The van der Waals surface area contributed by atoms with Crippen molar-refractivity contribution in [1.82, 2.24) is 10.3 Å². The summed E-state index contributed by atoms with van der Waals surface area (Å²) < 4.78 is 0. The first kappa shape index (κ1) is 15.3. The fourth-order valence-corrected chi connectivity index (χ4v) is 4.45. The standard InChI is InChI=1S/C17H29N3S/c1-4-10-18-14-6-5-7-15-16(14)19-17(21-15)20(11-12(2)3)13-8-9-13/h12-14,18H,4-11H2,1-3H3. The average molecular weight is 308 g/mol. The van der Waals surface area contributed by atoms with Crippen molar-refractivity contribution in [3.8, 4) is 0 Å². The molecule has 4 heteroatoms. The molecule has 1 unspecified atom stereocenters. The van der Waals surface area contributed by atoms with E-state index in [1.54, 1.807) is 4.88 Å². The second-order valence-electron chi connectivity index (χ2n) is 6.98. The van der Waals surface area contributed by atoms with E-state index in [0.29, 0.717) is 12.0 Å². The molecule has 0 aromatic carbocycles. The number of anilines is 1. The Labute approximate surface area is 133 Å². The minimum Gasteiger partial charge on any atom is -0.345 e. The topological polar surface area (TPSA) is 28.2 Å². The Morgan fingerprint density at radius 2 is 2.14 bits per heavy atom. The number of aromatic nitrogens is 1. The monoisotopic (exact) mass is 307 g/mol. The van der Waals surface area contributed by atoms with Gasteiger partial charge in [0.05, 0.1) is 11.7 Å². The lowest BCUT2D eigenvalue weighted by Gasteiger charge is -2.24. The van der Waals surface area contributed by atoms with Crippen LogP contribution in [0.2, 0.25) is 0 Å². The van der Waals surface area contributed by atoms with Gasteiger partial charge in [-0.25, -0.2) is 4.98 Å². The zero-order chi connectivity index (χ0) is 14.8. The molecule has 21 heavy (non-hydrogen) atoms. The van der Waals surface area contributed by atoms with Gasteiger partial charge in [0.15, 0.2) is 5.13 Å². The Morgan fingerprint density at radius 3 is 2.81 bits per heavy atom. The van der Waals surface area contributed by atoms with Crippen LogP contribution in [0, 0.1) is 5.92 Å². The largest absolute Gasteiger partial charge is 0.345 e. The number of hydrogen-bond donors (Lipinski definition) is 1. The molecule has 1 saturated carbocycles. The van der Waals surface area contributed by atoms with E-state index in [4.69, 9.17) is 4.98 Å². The first-order chi connectivity index (χ1) is 10.2. The highest BCUT2D eigenvalue weighted by Gasteiger charge is 2.33. The molecule has 1 aromatic rings. The van der Waals surface area contributed by atoms with Crippen LogP contribution in [0.5, 0.6) is 0 Å². The molecule has 1 heterocycles. The van der Waals surface area contributed by atoms with Gasteiger partial charge in [-0.1, -0.05) is 20.8 Å². The Balaban J connectivity index is 1.79. The van der Waals surface area contributed by atoms with Gasteiger partial charge in [0, 0.05) is 17.5 Å². The molecule has 1 fully saturated rings. The first-order valence-electron chi connectivity index (χ1n) is 8.68. The van der Waals surface area contributed by atoms with E-state index in [2.05, 4.69) is 31.0 Å². The van der Waals surface area contributed by atoms with Gasteiger partial charge in [-0.3, -0.25) is 0 Å². The van der Waals surface area contributed by atoms with E-state index >= 15 is 0 Å². The number of hydrogen-bond acceptors (Lipinski definition) is 4. The maximum Gasteiger partial charge on any atom is 0.186 e. The van der Waals surface area contributed by atoms with Crippen molar-refractivity contribution in [2.24, 2.45) is 5.92 Å². The highest BCUT2D eigenvalue weighted by molar-refractivity contribution is 7.15. The highest BCUT2D eigenvalue weighted by Crippen LogP contribution is 2.40. The molecule has 1 N–H and O–H groups in total. The number of thiazole rings is 1. The molecule has 0 aliphatic heterocycles. The fourth-order valence-electron chi connectivity index (χ4n) is 3.21. The lowest BCUT2D eigenvalue weighted by atomic mass is 9.97. The number of rotatable bonds is 7. The minimum absolute atomic E-state index is 0.499. The molecule has 3 nitrogen and oxygen atoms in total. The van der Waals surface area contributed by atoms with Crippen LogP contribution < -0.4 is 10.2 Å². The van der Waals surface area contributed by atoms with Gasteiger partial charge >= 0.3 is 0 Å². The van der Waals surface area contributed by atoms with Gasteiger partial charge in [-0.2, -0.15) is 0 Å². The number of aryl methyl sites for hydroxylation is 1. The summed E-state index contributed by atoms with van der Waals surface area (Å²) in [5.74, 6) is 0.709. The first-order valence-corrected chi connectivity index (χ1v) is 9.50. The van der Waals surface area contributed by atoms with Crippen molar-refractivity contribution in [2.75, 3.05) is 18.0 Å². The molecule has 0 amide bonds. The van der Waals surface area contributed by atoms with Gasteiger partial charge in [0.1, 0.15) is 0 Å². The summed E-state index contributed by atoms with van der Waals surface area (Å²) in [6.45, 7) is 9.13. The molecule has 0 bridgehead atoms. The van der Waals surface area contributed by atoms with Gasteiger partial charge in [0.2, 0.25) is 0 Å². The number of fused-ring (bicyclic) bond motifs is 1. The predicted molar refractivity (Wildman–Crippen MR) is 91.3 cm³/mol. The fraction of sp³-hybridized carbons (Fsp3) is 0.824. The molecular weight excluding hydrogens is 278 g/mol. The van der Waals surface area contributed by atoms with E-state index in [0.717, 1.165) is 19.1 Å². The zero-order valence-electron chi connectivity index (χ0n) is 13.7. The van der Waals surface area contributed by atoms with E-state index in [-0.39, 0.29) is 0 Å². The quantitative estimate of drug-likeness (QED) is 0.820. The van der Waals surface area contributed by atoms with Crippen molar-refractivity contribution in [3.63, 3.8) is 0 Å². The van der Waals surface area contributed by atoms with E-state index in [1.807, 2.05) is 11.3 Å². The van der Waals surface area contributed by atoms with Crippen LogP contribution in [0.1, 0.15) is 69.5 Å². The van der Waals surface area contributed by atoms with Crippen molar-refractivity contribution < 1.29 is 0 Å². The SMILES string of the molecule is CCCNC1CCCc2sc(N(CC(C)C)C3CC3)nc21. The molecule has 1 atom stereocenters. The Kier molecular flexibility index (Phi) is 4.85.